The van der Waals surface area contributed by atoms with E-state index in [-0.39, 0.29) is 5.82 Å². The van der Waals surface area contributed by atoms with Crippen LogP contribution in [0, 0.1) is 5.82 Å². The van der Waals surface area contributed by atoms with Gasteiger partial charge in [0.15, 0.2) is 23.2 Å². The molecule has 2 aromatic heterocycles. The van der Waals surface area contributed by atoms with Gasteiger partial charge in [-0.05, 0) is 17.7 Å². The molecule has 1 aromatic carbocycles. The molecule has 0 bridgehead atoms. The van der Waals surface area contributed by atoms with E-state index in [1.54, 1.807) is 12.1 Å². The van der Waals surface area contributed by atoms with Crippen LogP contribution in [0.25, 0.3) is 11.2 Å². The van der Waals surface area contributed by atoms with Gasteiger partial charge in [0.25, 0.3) is 0 Å². The summed E-state index contributed by atoms with van der Waals surface area (Å²) in [4.78, 5) is 12.6. The van der Waals surface area contributed by atoms with Crippen LogP contribution in [0.2, 0.25) is 0 Å². The molecular weight excluding hydrogens is 435 g/mol. The highest BCUT2D eigenvalue weighted by molar-refractivity contribution is 7.84. The van der Waals surface area contributed by atoms with Gasteiger partial charge in [-0.2, -0.15) is 8.42 Å². The highest BCUT2D eigenvalue weighted by Gasteiger charge is 2.45. The van der Waals surface area contributed by atoms with Crippen molar-refractivity contribution in [3.05, 3.63) is 48.3 Å². The normalized spacial score (nSPS) is 24.0. The summed E-state index contributed by atoms with van der Waals surface area (Å²) in [5.41, 5.74) is 1.50. The molecule has 14 heteroatoms. The third kappa shape index (κ3) is 4.63. The highest BCUT2D eigenvalue weighted by Crippen LogP contribution is 2.32. The number of aliphatic hydroxyl groups excluding tert-OH is 2. The Hall–Kier alpha value is -2.75. The Labute approximate surface area is 175 Å². The van der Waals surface area contributed by atoms with Gasteiger partial charge in [0.1, 0.15) is 30.5 Å². The molecule has 0 saturated carbocycles. The molecule has 5 N–H and O–H groups in total. The maximum Gasteiger partial charge on any atom is 0.333 e. The first-order valence-electron chi connectivity index (χ1n) is 9.07. The molecule has 31 heavy (non-hydrogen) atoms. The molecular formula is C17H19FN6O6S. The summed E-state index contributed by atoms with van der Waals surface area (Å²) in [5.74, 6) is 0.0622. The molecule has 0 amide bonds. The number of nitrogens with one attached hydrogen (secondary N) is 1. The average molecular weight is 454 g/mol. The van der Waals surface area contributed by atoms with Gasteiger partial charge in [-0.1, -0.05) is 12.1 Å². The minimum absolute atomic E-state index is 0.306. The maximum absolute atomic E-state index is 13.1. The van der Waals surface area contributed by atoms with Crippen LogP contribution in [-0.2, 0) is 25.8 Å². The summed E-state index contributed by atoms with van der Waals surface area (Å²) in [7, 11) is -4.24. The lowest BCUT2D eigenvalue weighted by molar-refractivity contribution is -0.0467. The van der Waals surface area contributed by atoms with Gasteiger partial charge in [0, 0.05) is 6.54 Å². The second-order valence-electron chi connectivity index (χ2n) is 6.85. The Balaban J connectivity index is 1.54. The lowest BCUT2D eigenvalue weighted by Gasteiger charge is -2.16. The largest absolute Gasteiger partial charge is 0.387 e. The molecule has 0 unspecified atom stereocenters. The van der Waals surface area contributed by atoms with Gasteiger partial charge in [-0.25, -0.2) is 24.5 Å². The first kappa shape index (κ1) is 21.5. The van der Waals surface area contributed by atoms with Crippen molar-refractivity contribution < 1.29 is 31.9 Å². The Kier molecular flexibility index (Phi) is 5.83. The van der Waals surface area contributed by atoms with Gasteiger partial charge >= 0.3 is 10.3 Å². The summed E-state index contributed by atoms with van der Waals surface area (Å²) in [6.45, 7) is -0.215. The number of nitrogens with zero attached hydrogens (tertiary/aromatic N) is 4. The van der Waals surface area contributed by atoms with E-state index >= 15 is 0 Å². The number of rotatable bonds is 7. The van der Waals surface area contributed by atoms with E-state index < -0.39 is 41.5 Å². The monoisotopic (exact) mass is 454 g/mol. The number of anilines is 1. The molecule has 166 valence electrons. The van der Waals surface area contributed by atoms with Crippen molar-refractivity contribution in [2.45, 2.75) is 31.1 Å². The third-order valence-electron chi connectivity index (χ3n) is 4.74. The van der Waals surface area contributed by atoms with Crippen LogP contribution in [-0.4, -0.2) is 63.1 Å². The Morgan fingerprint density at radius 3 is 2.65 bits per heavy atom. The SMILES string of the molecule is NS(=O)(=O)OC[C@H]1O[C@@H](n2cnc3c(NCc4ccc(F)cc4)ncnc32)[C@H](O)[C@@H]1O. The molecule has 4 atom stereocenters. The topological polar surface area (TPSA) is 175 Å². The van der Waals surface area contributed by atoms with Crippen molar-refractivity contribution in [2.75, 3.05) is 11.9 Å². The van der Waals surface area contributed by atoms with Crippen molar-refractivity contribution in [2.24, 2.45) is 5.14 Å². The number of nitrogens with two attached hydrogens (primary N) is 1. The summed E-state index contributed by atoms with van der Waals surface area (Å²) < 4.78 is 46.4. The lowest BCUT2D eigenvalue weighted by atomic mass is 10.1. The van der Waals surface area contributed by atoms with Crippen LogP contribution in [0.4, 0.5) is 10.2 Å². The number of aromatic nitrogens is 4. The van der Waals surface area contributed by atoms with Crippen LogP contribution in [0.5, 0.6) is 0 Å². The fourth-order valence-corrected chi connectivity index (χ4v) is 3.54. The molecule has 1 fully saturated rings. The van der Waals surface area contributed by atoms with Crippen LogP contribution in [0.1, 0.15) is 11.8 Å². The van der Waals surface area contributed by atoms with Crippen molar-refractivity contribution >= 4 is 27.3 Å². The first-order valence-corrected chi connectivity index (χ1v) is 10.5. The number of imidazole rings is 1. The minimum atomic E-state index is -4.24. The Bertz CT molecular complexity index is 1170. The predicted molar refractivity (Wildman–Crippen MR) is 104 cm³/mol. The molecule has 12 nitrogen and oxygen atoms in total. The van der Waals surface area contributed by atoms with Crippen LogP contribution < -0.4 is 10.5 Å². The van der Waals surface area contributed by atoms with E-state index in [1.165, 1.54) is 29.4 Å². The average Bonchev–Trinajstić information content (AvgIpc) is 3.27. The summed E-state index contributed by atoms with van der Waals surface area (Å²) in [6, 6.07) is 5.96. The van der Waals surface area contributed by atoms with E-state index in [0.29, 0.717) is 23.5 Å². The second-order valence-corrected chi connectivity index (χ2v) is 8.07. The number of aliphatic hydroxyl groups is 2. The number of fused-ring (bicyclic) bond motifs is 1. The van der Waals surface area contributed by atoms with Crippen molar-refractivity contribution in [3.8, 4) is 0 Å². The second kappa shape index (κ2) is 8.41. The third-order valence-corrected chi connectivity index (χ3v) is 5.20. The lowest BCUT2D eigenvalue weighted by Crippen LogP contribution is -2.35. The zero-order valence-electron chi connectivity index (χ0n) is 15.9. The van der Waals surface area contributed by atoms with E-state index in [2.05, 4.69) is 24.5 Å². The maximum atomic E-state index is 13.1. The first-order chi connectivity index (χ1) is 14.7. The smallest absolute Gasteiger partial charge is 0.333 e. The van der Waals surface area contributed by atoms with Gasteiger partial charge in [0.05, 0.1) is 12.9 Å². The molecule has 4 rings (SSSR count). The molecule has 1 saturated heterocycles. The van der Waals surface area contributed by atoms with Crippen molar-refractivity contribution in [3.63, 3.8) is 0 Å². The van der Waals surface area contributed by atoms with Crippen molar-refractivity contribution in [1.82, 2.24) is 19.5 Å². The fraction of sp³-hybridized carbons (Fsp3) is 0.353. The van der Waals surface area contributed by atoms with Crippen LogP contribution in [0.3, 0.4) is 0 Å². The summed E-state index contributed by atoms with van der Waals surface area (Å²) in [5, 5.41) is 28.4. The minimum Gasteiger partial charge on any atom is -0.387 e. The summed E-state index contributed by atoms with van der Waals surface area (Å²) in [6.07, 6.45) is -2.44. The van der Waals surface area contributed by atoms with E-state index in [9.17, 15) is 23.0 Å². The van der Waals surface area contributed by atoms with Crippen LogP contribution >= 0.6 is 0 Å². The van der Waals surface area contributed by atoms with E-state index in [1.807, 2.05) is 0 Å². The van der Waals surface area contributed by atoms with E-state index in [4.69, 9.17) is 9.88 Å². The number of halogens is 1. The molecule has 1 aliphatic rings. The zero-order valence-corrected chi connectivity index (χ0v) is 16.7. The molecule has 0 aliphatic carbocycles. The summed E-state index contributed by atoms with van der Waals surface area (Å²) >= 11 is 0. The number of hydrogen-bond acceptors (Lipinski definition) is 10. The number of hydrogen-bond donors (Lipinski definition) is 4. The molecule has 0 radical (unpaired) electrons. The van der Waals surface area contributed by atoms with Crippen LogP contribution in [0.15, 0.2) is 36.9 Å². The van der Waals surface area contributed by atoms with E-state index in [0.717, 1.165) is 5.56 Å². The Morgan fingerprint density at radius 1 is 1.19 bits per heavy atom. The van der Waals surface area contributed by atoms with Gasteiger partial charge in [-0.3, -0.25) is 8.75 Å². The van der Waals surface area contributed by atoms with Gasteiger partial charge in [0.2, 0.25) is 0 Å². The molecule has 1 aliphatic heterocycles. The molecule has 3 aromatic rings. The zero-order chi connectivity index (χ0) is 22.2. The van der Waals surface area contributed by atoms with Gasteiger partial charge < -0.3 is 20.3 Å². The molecule has 0 spiro atoms. The van der Waals surface area contributed by atoms with Crippen molar-refractivity contribution in [1.29, 1.82) is 0 Å². The highest BCUT2D eigenvalue weighted by atomic mass is 32.2. The van der Waals surface area contributed by atoms with Gasteiger partial charge in [-0.15, -0.1) is 0 Å². The predicted octanol–water partition coefficient (Wildman–Crippen LogP) is -0.583. The standard InChI is InChI=1S/C17H19FN6O6S/c18-10-3-1-9(2-4-10)5-20-15-12-16(22-7-21-15)24(8-23-12)17-14(26)13(25)11(30-17)6-29-31(19,27)28/h1-4,7-8,11,13-14,17,25-26H,5-6H2,(H2,19,27,28)(H,20,21,22)/t11-,13-,14-,17-/m1/s1. The Morgan fingerprint density at radius 2 is 1.94 bits per heavy atom. The number of ether oxygens (including phenoxy) is 1. The number of benzene rings is 1. The molecule has 3 heterocycles. The quantitative estimate of drug-likeness (QED) is 0.361. The fourth-order valence-electron chi connectivity index (χ4n) is 3.21.